The van der Waals surface area contributed by atoms with E-state index < -0.39 is 0 Å². The Kier molecular flexibility index (Phi) is 5.27. The summed E-state index contributed by atoms with van der Waals surface area (Å²) in [6.07, 6.45) is 5.69. The normalized spacial score (nSPS) is 15.4. The third-order valence-corrected chi connectivity index (χ3v) is 4.88. The lowest BCUT2D eigenvalue weighted by Gasteiger charge is -2.32. The summed E-state index contributed by atoms with van der Waals surface area (Å²) in [6, 6.07) is 6.84. The number of carbonyl (C=O) groups is 1. The van der Waals surface area contributed by atoms with Gasteiger partial charge in [0.25, 0.3) is 5.91 Å². The number of hydrogen-bond donors (Lipinski definition) is 1. The summed E-state index contributed by atoms with van der Waals surface area (Å²) >= 11 is 12.1. The van der Waals surface area contributed by atoms with Crippen molar-refractivity contribution in [2.45, 2.75) is 19.8 Å². The number of aromatic nitrogens is 1. The van der Waals surface area contributed by atoms with Crippen LogP contribution < -0.4 is 10.2 Å². The van der Waals surface area contributed by atoms with Gasteiger partial charge in [-0.05, 0) is 43.0 Å². The van der Waals surface area contributed by atoms with Crippen LogP contribution in [0.25, 0.3) is 0 Å². The molecule has 2 aromatic rings. The van der Waals surface area contributed by atoms with Crippen molar-refractivity contribution < 1.29 is 4.79 Å². The predicted molar refractivity (Wildman–Crippen MR) is 99.3 cm³/mol. The molecule has 0 saturated carbocycles. The summed E-state index contributed by atoms with van der Waals surface area (Å²) in [5.74, 6) is 0.504. The first kappa shape index (κ1) is 17.1. The predicted octanol–water partition coefficient (Wildman–Crippen LogP) is 4.88. The Morgan fingerprint density at radius 3 is 2.71 bits per heavy atom. The molecule has 126 valence electrons. The van der Waals surface area contributed by atoms with Crippen LogP contribution in [-0.4, -0.2) is 24.0 Å². The van der Waals surface area contributed by atoms with Gasteiger partial charge in [0.05, 0.1) is 28.2 Å². The van der Waals surface area contributed by atoms with Crippen molar-refractivity contribution in [2.24, 2.45) is 5.92 Å². The molecular formula is C18H19Cl2N3O. The Morgan fingerprint density at radius 1 is 1.21 bits per heavy atom. The molecule has 0 aliphatic carbocycles. The zero-order chi connectivity index (χ0) is 17.1. The topological polar surface area (TPSA) is 45.2 Å². The summed E-state index contributed by atoms with van der Waals surface area (Å²) in [6.45, 7) is 4.26. The van der Waals surface area contributed by atoms with Gasteiger partial charge < -0.3 is 10.2 Å². The number of amides is 1. The van der Waals surface area contributed by atoms with Crippen LogP contribution in [0.2, 0.25) is 10.0 Å². The second-order valence-corrected chi connectivity index (χ2v) is 7.02. The largest absolute Gasteiger partial charge is 0.370 e. The molecule has 0 bridgehead atoms. The first-order chi connectivity index (χ1) is 11.5. The van der Waals surface area contributed by atoms with E-state index in [1.54, 1.807) is 30.6 Å². The monoisotopic (exact) mass is 363 g/mol. The Morgan fingerprint density at radius 2 is 1.96 bits per heavy atom. The molecule has 0 unspecified atom stereocenters. The van der Waals surface area contributed by atoms with Crippen LogP contribution in [0.5, 0.6) is 0 Å². The lowest BCUT2D eigenvalue weighted by atomic mass is 9.99. The molecule has 0 radical (unpaired) electrons. The lowest BCUT2D eigenvalue weighted by molar-refractivity contribution is 0.102. The summed E-state index contributed by atoms with van der Waals surface area (Å²) in [4.78, 5) is 19.0. The van der Waals surface area contributed by atoms with E-state index in [2.05, 4.69) is 22.1 Å². The van der Waals surface area contributed by atoms with Gasteiger partial charge in [-0.1, -0.05) is 30.1 Å². The maximum Gasteiger partial charge on any atom is 0.257 e. The van der Waals surface area contributed by atoms with Gasteiger partial charge in [-0.3, -0.25) is 9.78 Å². The highest BCUT2D eigenvalue weighted by Crippen LogP contribution is 2.27. The molecule has 1 amide bonds. The number of nitrogens with zero attached hydrogens (tertiary/aromatic N) is 2. The van der Waals surface area contributed by atoms with Gasteiger partial charge in [0, 0.05) is 24.3 Å². The maximum absolute atomic E-state index is 12.5. The Bertz CT molecular complexity index is 743. The molecule has 0 spiro atoms. The van der Waals surface area contributed by atoms with Crippen LogP contribution in [-0.2, 0) is 0 Å². The van der Waals surface area contributed by atoms with Crippen LogP contribution in [0.3, 0.4) is 0 Å². The standard InChI is InChI=1S/C18H19Cl2N3O/c1-12-4-6-23(7-5-12)15-8-13(10-21-11-15)18(24)22-17-9-14(19)2-3-16(17)20/h2-3,8-12H,4-7H2,1H3,(H,22,24). The second kappa shape index (κ2) is 7.41. The molecule has 1 fully saturated rings. The number of rotatable bonds is 3. The third-order valence-electron chi connectivity index (χ3n) is 4.31. The van der Waals surface area contributed by atoms with Gasteiger partial charge in [0.1, 0.15) is 0 Å². The van der Waals surface area contributed by atoms with Crippen molar-refractivity contribution in [3.63, 3.8) is 0 Å². The molecule has 1 aliphatic heterocycles. The van der Waals surface area contributed by atoms with Crippen LogP contribution in [0.4, 0.5) is 11.4 Å². The molecule has 4 nitrogen and oxygen atoms in total. The molecule has 3 rings (SSSR count). The number of halogens is 2. The number of nitrogens with one attached hydrogen (secondary N) is 1. The van der Waals surface area contributed by atoms with Gasteiger partial charge in [0.2, 0.25) is 0 Å². The van der Waals surface area contributed by atoms with Gasteiger partial charge in [-0.2, -0.15) is 0 Å². The van der Waals surface area contributed by atoms with Crippen LogP contribution in [0.1, 0.15) is 30.1 Å². The summed E-state index contributed by atoms with van der Waals surface area (Å²) in [5, 5.41) is 3.75. The van der Waals surface area contributed by atoms with E-state index in [4.69, 9.17) is 23.2 Å². The molecule has 6 heteroatoms. The fraction of sp³-hybridized carbons (Fsp3) is 0.333. The Hall–Kier alpha value is -1.78. The molecule has 0 atom stereocenters. The summed E-state index contributed by atoms with van der Waals surface area (Å²) < 4.78 is 0. The molecule has 1 saturated heterocycles. The minimum absolute atomic E-state index is 0.251. The van der Waals surface area contributed by atoms with Crippen LogP contribution in [0, 0.1) is 5.92 Å². The fourth-order valence-electron chi connectivity index (χ4n) is 2.78. The highest BCUT2D eigenvalue weighted by molar-refractivity contribution is 6.35. The number of anilines is 2. The van der Waals surface area contributed by atoms with Gasteiger partial charge in [0.15, 0.2) is 0 Å². The third kappa shape index (κ3) is 4.00. The van der Waals surface area contributed by atoms with Gasteiger partial charge in [-0.15, -0.1) is 0 Å². The maximum atomic E-state index is 12.5. The number of benzene rings is 1. The minimum Gasteiger partial charge on any atom is -0.370 e. The van der Waals surface area contributed by atoms with Crippen molar-refractivity contribution in [1.29, 1.82) is 0 Å². The first-order valence-corrected chi connectivity index (χ1v) is 8.75. The van der Waals surface area contributed by atoms with Crippen LogP contribution in [0.15, 0.2) is 36.7 Å². The van der Waals surface area contributed by atoms with Gasteiger partial charge >= 0.3 is 0 Å². The van der Waals surface area contributed by atoms with Crippen molar-refractivity contribution in [3.8, 4) is 0 Å². The van der Waals surface area contributed by atoms with Gasteiger partial charge in [-0.25, -0.2) is 0 Å². The van der Waals surface area contributed by atoms with Crippen molar-refractivity contribution >= 4 is 40.5 Å². The van der Waals surface area contributed by atoms with Crippen molar-refractivity contribution in [2.75, 3.05) is 23.3 Å². The highest BCUT2D eigenvalue weighted by atomic mass is 35.5. The van der Waals surface area contributed by atoms with Crippen LogP contribution >= 0.6 is 23.2 Å². The molecule has 1 N–H and O–H groups in total. The molecule has 1 aromatic heterocycles. The Balaban J connectivity index is 1.76. The molecule has 24 heavy (non-hydrogen) atoms. The Labute approximate surface area is 151 Å². The average molecular weight is 364 g/mol. The van der Waals surface area contributed by atoms with E-state index in [1.165, 1.54) is 0 Å². The van der Waals surface area contributed by atoms with E-state index in [1.807, 2.05) is 6.07 Å². The number of hydrogen-bond acceptors (Lipinski definition) is 3. The van der Waals surface area contributed by atoms with E-state index in [-0.39, 0.29) is 5.91 Å². The van der Waals surface area contributed by atoms with E-state index in [9.17, 15) is 4.79 Å². The summed E-state index contributed by atoms with van der Waals surface area (Å²) in [5.41, 5.74) is 1.97. The lowest BCUT2D eigenvalue weighted by Crippen LogP contribution is -2.33. The first-order valence-electron chi connectivity index (χ1n) is 7.99. The van der Waals surface area contributed by atoms with E-state index in [0.717, 1.165) is 37.5 Å². The van der Waals surface area contributed by atoms with E-state index >= 15 is 0 Å². The zero-order valence-electron chi connectivity index (χ0n) is 13.4. The second-order valence-electron chi connectivity index (χ2n) is 6.18. The van der Waals surface area contributed by atoms with Crippen molar-refractivity contribution in [3.05, 3.63) is 52.3 Å². The molecule has 1 aliphatic rings. The SMILES string of the molecule is CC1CCN(c2cncc(C(=O)Nc3cc(Cl)ccc3Cl)c2)CC1. The average Bonchev–Trinajstić information content (AvgIpc) is 2.59. The van der Waals surface area contributed by atoms with E-state index in [0.29, 0.717) is 21.3 Å². The highest BCUT2D eigenvalue weighted by Gasteiger charge is 2.18. The zero-order valence-corrected chi connectivity index (χ0v) is 14.9. The molecule has 1 aromatic carbocycles. The summed E-state index contributed by atoms with van der Waals surface area (Å²) in [7, 11) is 0. The smallest absolute Gasteiger partial charge is 0.257 e. The quantitative estimate of drug-likeness (QED) is 0.845. The number of piperidine rings is 1. The number of carbonyl (C=O) groups excluding carboxylic acids is 1. The molecular weight excluding hydrogens is 345 g/mol. The fourth-order valence-corrected chi connectivity index (χ4v) is 3.12. The number of pyridine rings is 1. The molecule has 2 heterocycles. The van der Waals surface area contributed by atoms with Crippen molar-refractivity contribution in [1.82, 2.24) is 4.98 Å². The minimum atomic E-state index is -0.251.